The van der Waals surface area contributed by atoms with E-state index in [2.05, 4.69) is 0 Å². The second-order valence-corrected chi connectivity index (χ2v) is 5.23. The molecule has 0 N–H and O–H groups in total. The third-order valence-corrected chi connectivity index (χ3v) is 3.84. The SMILES string of the molecule is CCN(Cc1ccc(OC)cc1)C(=O)c1cc(OC)ccc1OC. The molecule has 24 heavy (non-hydrogen) atoms. The zero-order chi connectivity index (χ0) is 17.5. The van der Waals surface area contributed by atoms with Gasteiger partial charge in [0.1, 0.15) is 17.2 Å². The number of ether oxygens (including phenoxy) is 3. The van der Waals surface area contributed by atoms with Gasteiger partial charge in [0.25, 0.3) is 5.91 Å². The molecule has 0 unspecified atom stereocenters. The van der Waals surface area contributed by atoms with Gasteiger partial charge in [-0.15, -0.1) is 0 Å². The monoisotopic (exact) mass is 329 g/mol. The van der Waals surface area contributed by atoms with Crippen LogP contribution in [0.2, 0.25) is 0 Å². The first-order valence-corrected chi connectivity index (χ1v) is 7.77. The van der Waals surface area contributed by atoms with E-state index in [9.17, 15) is 4.79 Å². The fraction of sp³-hybridized carbons (Fsp3) is 0.316. The molecule has 5 nitrogen and oxygen atoms in total. The molecular formula is C19H23NO4. The van der Waals surface area contributed by atoms with Crippen molar-refractivity contribution in [2.75, 3.05) is 27.9 Å². The third kappa shape index (κ3) is 3.98. The van der Waals surface area contributed by atoms with E-state index in [0.29, 0.717) is 30.2 Å². The van der Waals surface area contributed by atoms with E-state index in [0.717, 1.165) is 11.3 Å². The minimum absolute atomic E-state index is 0.0935. The Hall–Kier alpha value is -2.69. The number of benzene rings is 2. The van der Waals surface area contributed by atoms with Crippen LogP contribution in [0.25, 0.3) is 0 Å². The molecule has 2 aromatic rings. The average Bonchev–Trinajstić information content (AvgIpc) is 2.65. The Morgan fingerprint density at radius 1 is 0.917 bits per heavy atom. The standard InChI is InChI=1S/C19H23NO4/c1-5-20(13-14-6-8-15(22-2)9-7-14)19(21)17-12-16(23-3)10-11-18(17)24-4/h6-12H,5,13H2,1-4H3. The van der Waals surface area contributed by atoms with Gasteiger partial charge in [-0.25, -0.2) is 0 Å². The van der Waals surface area contributed by atoms with Crippen molar-refractivity contribution in [3.05, 3.63) is 53.6 Å². The zero-order valence-corrected chi connectivity index (χ0v) is 14.5. The lowest BCUT2D eigenvalue weighted by molar-refractivity contribution is 0.0749. The van der Waals surface area contributed by atoms with E-state index in [1.165, 1.54) is 0 Å². The van der Waals surface area contributed by atoms with Crippen molar-refractivity contribution < 1.29 is 19.0 Å². The summed E-state index contributed by atoms with van der Waals surface area (Å²) < 4.78 is 15.7. The van der Waals surface area contributed by atoms with Crippen LogP contribution in [0.4, 0.5) is 0 Å². The predicted octanol–water partition coefficient (Wildman–Crippen LogP) is 3.37. The van der Waals surface area contributed by atoms with Crippen molar-refractivity contribution in [1.82, 2.24) is 4.90 Å². The average molecular weight is 329 g/mol. The van der Waals surface area contributed by atoms with Crippen molar-refractivity contribution in [3.8, 4) is 17.2 Å². The zero-order valence-electron chi connectivity index (χ0n) is 14.5. The fourth-order valence-corrected chi connectivity index (χ4v) is 2.43. The molecule has 0 aliphatic carbocycles. The first-order chi connectivity index (χ1) is 11.6. The van der Waals surface area contributed by atoms with Crippen molar-refractivity contribution in [2.24, 2.45) is 0 Å². The molecule has 2 rings (SSSR count). The highest BCUT2D eigenvalue weighted by molar-refractivity contribution is 5.97. The van der Waals surface area contributed by atoms with Crippen LogP contribution in [0, 0.1) is 0 Å². The summed E-state index contributed by atoms with van der Waals surface area (Å²) in [5, 5.41) is 0. The number of nitrogens with zero attached hydrogens (tertiary/aromatic N) is 1. The van der Waals surface area contributed by atoms with E-state index in [-0.39, 0.29) is 5.91 Å². The van der Waals surface area contributed by atoms with Crippen LogP contribution >= 0.6 is 0 Å². The molecule has 0 heterocycles. The van der Waals surface area contributed by atoms with Crippen molar-refractivity contribution in [3.63, 3.8) is 0 Å². The molecule has 0 aromatic heterocycles. The molecule has 0 atom stereocenters. The summed E-state index contributed by atoms with van der Waals surface area (Å²) in [5.41, 5.74) is 1.53. The van der Waals surface area contributed by atoms with Crippen molar-refractivity contribution >= 4 is 5.91 Å². The molecule has 0 aliphatic rings. The molecule has 0 spiro atoms. The van der Waals surface area contributed by atoms with Crippen LogP contribution in [-0.2, 0) is 6.54 Å². The minimum Gasteiger partial charge on any atom is -0.497 e. The molecule has 128 valence electrons. The summed E-state index contributed by atoms with van der Waals surface area (Å²) in [7, 11) is 4.76. The van der Waals surface area contributed by atoms with E-state index in [1.54, 1.807) is 44.4 Å². The second-order valence-electron chi connectivity index (χ2n) is 5.23. The van der Waals surface area contributed by atoms with Gasteiger partial charge in [-0.1, -0.05) is 12.1 Å². The van der Waals surface area contributed by atoms with E-state index in [4.69, 9.17) is 14.2 Å². The number of amides is 1. The second kappa shape index (κ2) is 8.24. The lowest BCUT2D eigenvalue weighted by Gasteiger charge is -2.22. The van der Waals surface area contributed by atoms with Gasteiger partial charge >= 0.3 is 0 Å². The minimum atomic E-state index is -0.0935. The number of carbonyl (C=O) groups excluding carboxylic acids is 1. The van der Waals surface area contributed by atoms with E-state index < -0.39 is 0 Å². The van der Waals surface area contributed by atoms with E-state index in [1.807, 2.05) is 31.2 Å². The number of rotatable bonds is 7. The van der Waals surface area contributed by atoms with Crippen LogP contribution in [-0.4, -0.2) is 38.7 Å². The number of hydrogen-bond acceptors (Lipinski definition) is 4. The summed E-state index contributed by atoms with van der Waals surface area (Å²) >= 11 is 0. The molecule has 0 radical (unpaired) electrons. The largest absolute Gasteiger partial charge is 0.497 e. The molecule has 0 saturated heterocycles. The van der Waals surface area contributed by atoms with Gasteiger partial charge < -0.3 is 19.1 Å². The Morgan fingerprint density at radius 3 is 2.08 bits per heavy atom. The number of carbonyl (C=O) groups is 1. The molecule has 0 fully saturated rings. The lowest BCUT2D eigenvalue weighted by Crippen LogP contribution is -2.30. The van der Waals surface area contributed by atoms with Gasteiger partial charge in [-0.2, -0.15) is 0 Å². The van der Waals surface area contributed by atoms with Gasteiger partial charge in [0, 0.05) is 13.1 Å². The summed E-state index contributed by atoms with van der Waals surface area (Å²) in [4.78, 5) is 14.7. The maximum atomic E-state index is 12.9. The summed E-state index contributed by atoms with van der Waals surface area (Å²) in [6.07, 6.45) is 0. The molecule has 5 heteroatoms. The van der Waals surface area contributed by atoms with Gasteiger partial charge in [0.05, 0.1) is 26.9 Å². The Balaban J connectivity index is 2.24. The highest BCUT2D eigenvalue weighted by Gasteiger charge is 2.19. The smallest absolute Gasteiger partial charge is 0.258 e. The summed E-state index contributed by atoms with van der Waals surface area (Å²) in [5.74, 6) is 1.86. The number of methoxy groups -OCH3 is 3. The van der Waals surface area contributed by atoms with E-state index >= 15 is 0 Å². The number of hydrogen-bond donors (Lipinski definition) is 0. The highest BCUT2D eigenvalue weighted by Crippen LogP contribution is 2.26. The van der Waals surface area contributed by atoms with Crippen LogP contribution in [0.1, 0.15) is 22.8 Å². The van der Waals surface area contributed by atoms with Gasteiger partial charge in [0.15, 0.2) is 0 Å². The van der Waals surface area contributed by atoms with Gasteiger partial charge in [-0.05, 0) is 42.8 Å². The van der Waals surface area contributed by atoms with Crippen molar-refractivity contribution in [1.29, 1.82) is 0 Å². The highest BCUT2D eigenvalue weighted by atomic mass is 16.5. The van der Waals surface area contributed by atoms with Crippen molar-refractivity contribution in [2.45, 2.75) is 13.5 Å². The molecular weight excluding hydrogens is 306 g/mol. The van der Waals surface area contributed by atoms with Gasteiger partial charge in [-0.3, -0.25) is 4.79 Å². The Bertz CT molecular complexity index is 682. The first-order valence-electron chi connectivity index (χ1n) is 7.77. The molecule has 0 bridgehead atoms. The topological polar surface area (TPSA) is 48.0 Å². The predicted molar refractivity (Wildman–Crippen MR) is 93.0 cm³/mol. The third-order valence-electron chi connectivity index (χ3n) is 3.84. The summed E-state index contributed by atoms with van der Waals surface area (Å²) in [6.45, 7) is 3.05. The Labute approximate surface area is 142 Å². The first kappa shape index (κ1) is 17.7. The maximum absolute atomic E-state index is 12.9. The van der Waals surface area contributed by atoms with Crippen LogP contribution in [0.5, 0.6) is 17.2 Å². The van der Waals surface area contributed by atoms with Crippen LogP contribution in [0.3, 0.4) is 0 Å². The Kier molecular flexibility index (Phi) is 6.07. The van der Waals surface area contributed by atoms with Crippen LogP contribution in [0.15, 0.2) is 42.5 Å². The molecule has 2 aromatic carbocycles. The Morgan fingerprint density at radius 2 is 1.54 bits per heavy atom. The molecule has 1 amide bonds. The summed E-state index contributed by atoms with van der Waals surface area (Å²) in [6, 6.07) is 12.9. The lowest BCUT2D eigenvalue weighted by atomic mass is 10.1. The quantitative estimate of drug-likeness (QED) is 0.781. The maximum Gasteiger partial charge on any atom is 0.258 e. The van der Waals surface area contributed by atoms with Crippen LogP contribution < -0.4 is 14.2 Å². The van der Waals surface area contributed by atoms with Gasteiger partial charge in [0.2, 0.25) is 0 Å². The normalized spacial score (nSPS) is 10.2. The fourth-order valence-electron chi connectivity index (χ4n) is 2.43. The molecule has 0 saturated carbocycles. The molecule has 0 aliphatic heterocycles.